The summed E-state index contributed by atoms with van der Waals surface area (Å²) in [5.74, 6) is 1.90. The lowest BCUT2D eigenvalue weighted by molar-refractivity contribution is 0.102. The van der Waals surface area contributed by atoms with Crippen LogP contribution in [-0.2, 0) is 0 Å². The van der Waals surface area contributed by atoms with Gasteiger partial charge in [-0.25, -0.2) is 14.5 Å². The number of carbonyl (C=O) groups is 1. The van der Waals surface area contributed by atoms with Crippen molar-refractivity contribution in [1.82, 2.24) is 34.3 Å². The molecule has 0 bridgehead atoms. The zero-order chi connectivity index (χ0) is 25.4. The molecule has 0 saturated heterocycles. The molecule has 0 spiro atoms. The molecule has 1 unspecified atom stereocenters. The van der Waals surface area contributed by atoms with Gasteiger partial charge >= 0.3 is 0 Å². The molecule has 4 heterocycles. The summed E-state index contributed by atoms with van der Waals surface area (Å²) in [5.41, 5.74) is 3.15. The Labute approximate surface area is 216 Å². The average molecular weight is 499 g/mol. The largest absolute Gasteiger partial charge is 0.306 e. The average Bonchev–Trinajstić information content (AvgIpc) is 3.52. The summed E-state index contributed by atoms with van der Waals surface area (Å²) < 4.78 is 3.35. The monoisotopic (exact) mass is 498 g/mol. The Kier molecular flexibility index (Phi) is 6.46. The van der Waals surface area contributed by atoms with Crippen molar-refractivity contribution >= 4 is 17.4 Å². The van der Waals surface area contributed by atoms with Gasteiger partial charge in [0.2, 0.25) is 0 Å². The summed E-state index contributed by atoms with van der Waals surface area (Å²) in [6.07, 6.45) is 14.4. The predicted octanol–water partition coefficient (Wildman–Crippen LogP) is 4.81. The third kappa shape index (κ3) is 4.87. The topological polar surface area (TPSA) is 93.2 Å². The van der Waals surface area contributed by atoms with Crippen molar-refractivity contribution < 1.29 is 4.79 Å². The van der Waals surface area contributed by atoms with Crippen LogP contribution >= 0.6 is 0 Å². The SMILES string of the molecule is CCN(CCC(C)c1cc(NC(=O)c2cnn3cccnc23)n(-c2ccc(C3CC3)cn2)n1)C1CCC1. The number of nitrogens with one attached hydrogen (secondary N) is 1. The Bertz CT molecular complexity index is 1380. The van der Waals surface area contributed by atoms with E-state index in [0.717, 1.165) is 31.2 Å². The molecule has 4 aromatic heterocycles. The highest BCUT2D eigenvalue weighted by Gasteiger charge is 2.26. The molecule has 1 atom stereocenters. The van der Waals surface area contributed by atoms with Crippen LogP contribution in [-0.4, -0.2) is 59.3 Å². The number of carbonyl (C=O) groups excluding carboxylic acids is 1. The van der Waals surface area contributed by atoms with Gasteiger partial charge in [-0.3, -0.25) is 4.79 Å². The maximum atomic E-state index is 13.3. The Balaban J connectivity index is 1.26. The van der Waals surface area contributed by atoms with Crippen molar-refractivity contribution in [2.75, 3.05) is 18.4 Å². The molecule has 6 rings (SSSR count). The van der Waals surface area contributed by atoms with Crippen LogP contribution in [0.25, 0.3) is 11.5 Å². The molecule has 0 radical (unpaired) electrons. The van der Waals surface area contributed by atoms with Crippen LogP contribution in [0.1, 0.15) is 85.8 Å². The second-order valence-electron chi connectivity index (χ2n) is 10.4. The zero-order valence-electron chi connectivity index (χ0n) is 21.5. The summed E-state index contributed by atoms with van der Waals surface area (Å²) in [4.78, 5) is 24.9. The van der Waals surface area contributed by atoms with Gasteiger partial charge in [-0.1, -0.05) is 26.3 Å². The van der Waals surface area contributed by atoms with Crippen molar-refractivity contribution in [3.63, 3.8) is 0 Å². The van der Waals surface area contributed by atoms with Gasteiger partial charge in [-0.15, -0.1) is 0 Å². The summed E-state index contributed by atoms with van der Waals surface area (Å²) in [6, 6.07) is 8.63. The molecule has 2 aliphatic carbocycles. The third-order valence-corrected chi connectivity index (χ3v) is 7.88. The molecule has 9 heteroatoms. The number of amides is 1. The van der Waals surface area contributed by atoms with Crippen LogP contribution in [0.15, 0.2) is 49.1 Å². The highest BCUT2D eigenvalue weighted by Crippen LogP contribution is 2.39. The summed E-state index contributed by atoms with van der Waals surface area (Å²) in [6.45, 7) is 6.60. The maximum Gasteiger partial charge on any atom is 0.262 e. The molecule has 0 aromatic carbocycles. The highest BCUT2D eigenvalue weighted by atomic mass is 16.1. The molecule has 0 aliphatic heterocycles. The molecule has 4 aromatic rings. The number of pyridine rings is 1. The highest BCUT2D eigenvalue weighted by molar-refractivity contribution is 6.07. The lowest BCUT2D eigenvalue weighted by Gasteiger charge is -2.37. The lowest BCUT2D eigenvalue weighted by Crippen LogP contribution is -2.40. The van der Waals surface area contributed by atoms with E-state index in [0.29, 0.717) is 28.8 Å². The van der Waals surface area contributed by atoms with Crippen LogP contribution in [0.2, 0.25) is 0 Å². The van der Waals surface area contributed by atoms with E-state index < -0.39 is 0 Å². The second-order valence-corrected chi connectivity index (χ2v) is 10.4. The second kappa shape index (κ2) is 10.0. The van der Waals surface area contributed by atoms with E-state index in [1.807, 2.05) is 18.3 Å². The smallest absolute Gasteiger partial charge is 0.262 e. The molecule has 192 valence electrons. The van der Waals surface area contributed by atoms with Gasteiger partial charge in [-0.05, 0) is 68.8 Å². The van der Waals surface area contributed by atoms with Gasteiger partial charge in [0.05, 0.1) is 11.9 Å². The fraction of sp³-hybridized carbons (Fsp3) is 0.464. The van der Waals surface area contributed by atoms with Crippen LogP contribution in [0, 0.1) is 0 Å². The number of fused-ring (bicyclic) bond motifs is 1. The van der Waals surface area contributed by atoms with Gasteiger partial charge in [0.25, 0.3) is 5.91 Å². The van der Waals surface area contributed by atoms with Crippen molar-refractivity contribution in [1.29, 1.82) is 0 Å². The first-order valence-electron chi connectivity index (χ1n) is 13.5. The van der Waals surface area contributed by atoms with E-state index in [4.69, 9.17) is 10.1 Å². The number of aromatic nitrogens is 6. The predicted molar refractivity (Wildman–Crippen MR) is 142 cm³/mol. The zero-order valence-corrected chi connectivity index (χ0v) is 21.5. The number of hydrogen-bond acceptors (Lipinski definition) is 6. The van der Waals surface area contributed by atoms with Gasteiger partial charge in [0, 0.05) is 36.6 Å². The van der Waals surface area contributed by atoms with Gasteiger partial charge in [0.15, 0.2) is 11.5 Å². The van der Waals surface area contributed by atoms with E-state index in [9.17, 15) is 4.79 Å². The maximum absolute atomic E-state index is 13.3. The first-order valence-corrected chi connectivity index (χ1v) is 13.5. The molecular formula is C28H34N8O. The third-order valence-electron chi connectivity index (χ3n) is 7.88. The Hall–Kier alpha value is -3.59. The Morgan fingerprint density at radius 3 is 2.76 bits per heavy atom. The van der Waals surface area contributed by atoms with E-state index in [1.165, 1.54) is 37.7 Å². The van der Waals surface area contributed by atoms with Crippen molar-refractivity contribution in [2.24, 2.45) is 0 Å². The van der Waals surface area contributed by atoms with E-state index >= 15 is 0 Å². The van der Waals surface area contributed by atoms with Crippen molar-refractivity contribution in [3.8, 4) is 5.82 Å². The van der Waals surface area contributed by atoms with Gasteiger partial charge in [0.1, 0.15) is 11.4 Å². The van der Waals surface area contributed by atoms with Crippen LogP contribution in [0.4, 0.5) is 5.82 Å². The summed E-state index contributed by atoms with van der Waals surface area (Å²) in [7, 11) is 0. The summed E-state index contributed by atoms with van der Waals surface area (Å²) in [5, 5.41) is 12.2. The van der Waals surface area contributed by atoms with E-state index in [1.54, 1.807) is 33.9 Å². The quantitative estimate of drug-likeness (QED) is 0.337. The minimum atomic E-state index is -0.272. The minimum Gasteiger partial charge on any atom is -0.306 e. The molecule has 37 heavy (non-hydrogen) atoms. The first kappa shape index (κ1) is 23.8. The molecule has 1 N–H and O–H groups in total. The molecule has 1 amide bonds. The number of nitrogens with zero attached hydrogens (tertiary/aromatic N) is 7. The fourth-order valence-corrected chi connectivity index (χ4v) is 5.11. The van der Waals surface area contributed by atoms with Crippen molar-refractivity contribution in [2.45, 2.75) is 70.3 Å². The lowest BCUT2D eigenvalue weighted by atomic mass is 9.91. The molecule has 2 fully saturated rings. The van der Waals surface area contributed by atoms with Crippen LogP contribution < -0.4 is 5.32 Å². The molecular weight excluding hydrogens is 464 g/mol. The summed E-state index contributed by atoms with van der Waals surface area (Å²) >= 11 is 0. The number of hydrogen-bond donors (Lipinski definition) is 1. The molecule has 9 nitrogen and oxygen atoms in total. The van der Waals surface area contributed by atoms with E-state index in [2.05, 4.69) is 40.2 Å². The standard InChI is InChI=1S/C28H34N8O/c1-3-34(22-6-4-7-22)15-12-19(2)24-16-26(32-28(37)23-18-31-35-14-5-13-29-27(23)35)36(33-24)25-11-10-21(17-30-25)20-8-9-20/h5,10-11,13-14,16-20,22H,3-4,6-9,12,15H2,1-2H3,(H,32,37). The first-order chi connectivity index (χ1) is 18.1. The van der Waals surface area contributed by atoms with Crippen LogP contribution in [0.3, 0.4) is 0 Å². The Morgan fingerprint density at radius 1 is 1.19 bits per heavy atom. The normalized spacial score (nSPS) is 16.7. The molecule has 2 saturated carbocycles. The fourth-order valence-electron chi connectivity index (χ4n) is 5.11. The van der Waals surface area contributed by atoms with Gasteiger partial charge < -0.3 is 10.2 Å². The number of rotatable bonds is 10. The number of anilines is 1. The minimum absolute atomic E-state index is 0.246. The van der Waals surface area contributed by atoms with E-state index in [-0.39, 0.29) is 11.8 Å². The van der Waals surface area contributed by atoms with Crippen molar-refractivity contribution in [3.05, 3.63) is 65.9 Å². The van der Waals surface area contributed by atoms with Gasteiger partial charge in [-0.2, -0.15) is 14.9 Å². The molecule has 2 aliphatic rings. The Morgan fingerprint density at radius 2 is 2.05 bits per heavy atom. The van der Waals surface area contributed by atoms with Crippen LogP contribution in [0.5, 0.6) is 0 Å².